The lowest BCUT2D eigenvalue weighted by molar-refractivity contribution is -0.394. The van der Waals surface area contributed by atoms with Gasteiger partial charge in [-0.1, -0.05) is 17.1 Å². The van der Waals surface area contributed by atoms with Crippen LogP contribution < -0.4 is 5.32 Å². The topological polar surface area (TPSA) is 164 Å². The van der Waals surface area contributed by atoms with Gasteiger partial charge in [-0.05, 0) is 17.1 Å². The van der Waals surface area contributed by atoms with E-state index in [0.717, 1.165) is 6.33 Å². The third-order valence-electron chi connectivity index (χ3n) is 3.20. The van der Waals surface area contributed by atoms with Crippen LogP contribution in [0.2, 0.25) is 0 Å². The maximum Gasteiger partial charge on any atom is 0.491 e. The van der Waals surface area contributed by atoms with Crippen molar-refractivity contribution in [1.29, 1.82) is 0 Å². The van der Waals surface area contributed by atoms with Gasteiger partial charge in [0.1, 0.15) is 5.69 Å². The van der Waals surface area contributed by atoms with E-state index in [4.69, 9.17) is 0 Å². The lowest BCUT2D eigenvalue weighted by Crippen LogP contribution is -2.15. The van der Waals surface area contributed by atoms with Gasteiger partial charge in [-0.2, -0.15) is 9.78 Å². The lowest BCUT2D eigenvalue weighted by Gasteiger charge is -2.03. The van der Waals surface area contributed by atoms with Crippen molar-refractivity contribution >= 4 is 23.2 Å². The van der Waals surface area contributed by atoms with Crippen LogP contribution in [-0.4, -0.2) is 40.3 Å². The predicted octanol–water partition coefficient (Wildman–Crippen LogP) is 1.05. The molecule has 0 spiro atoms. The molecule has 1 amide bonds. The fourth-order valence-corrected chi connectivity index (χ4v) is 2.07. The standard InChI is InChI=1S/C13H10N8O5/c22-12(15-9-3-1-2-4-11(9)20(23)24)10-5-6-18(16-10)8-19-7-14-13(17-19)21(25)26/h1-7H,8H2,(H,15,22). The second-order valence-corrected chi connectivity index (χ2v) is 4.95. The average molecular weight is 358 g/mol. The first-order valence-corrected chi connectivity index (χ1v) is 7.06. The van der Waals surface area contributed by atoms with Crippen molar-refractivity contribution in [2.45, 2.75) is 6.67 Å². The van der Waals surface area contributed by atoms with Crippen LogP contribution in [0.5, 0.6) is 0 Å². The predicted molar refractivity (Wildman–Crippen MR) is 85.4 cm³/mol. The molecular weight excluding hydrogens is 348 g/mol. The highest BCUT2D eigenvalue weighted by molar-refractivity contribution is 6.04. The molecule has 26 heavy (non-hydrogen) atoms. The normalized spacial score (nSPS) is 10.5. The summed E-state index contributed by atoms with van der Waals surface area (Å²) in [6.07, 6.45) is 2.62. The molecular formula is C13H10N8O5. The van der Waals surface area contributed by atoms with Gasteiger partial charge in [0.25, 0.3) is 11.6 Å². The van der Waals surface area contributed by atoms with E-state index in [1.54, 1.807) is 6.07 Å². The Morgan fingerprint density at radius 1 is 1.08 bits per heavy atom. The first kappa shape index (κ1) is 16.7. The highest BCUT2D eigenvalue weighted by Gasteiger charge is 2.18. The Labute approximate surface area is 144 Å². The first-order valence-electron chi connectivity index (χ1n) is 7.06. The number of rotatable bonds is 6. The van der Waals surface area contributed by atoms with Crippen LogP contribution >= 0.6 is 0 Å². The summed E-state index contributed by atoms with van der Waals surface area (Å²) >= 11 is 0. The third-order valence-corrected chi connectivity index (χ3v) is 3.20. The Kier molecular flexibility index (Phi) is 4.34. The molecule has 0 unspecified atom stereocenters. The zero-order valence-corrected chi connectivity index (χ0v) is 12.9. The van der Waals surface area contributed by atoms with E-state index in [0.29, 0.717) is 0 Å². The number of amides is 1. The summed E-state index contributed by atoms with van der Waals surface area (Å²) in [5.41, 5.74) is -0.183. The van der Waals surface area contributed by atoms with Gasteiger partial charge < -0.3 is 15.4 Å². The van der Waals surface area contributed by atoms with Gasteiger partial charge in [-0.15, -0.1) is 0 Å². The fraction of sp³-hybridized carbons (Fsp3) is 0.0769. The highest BCUT2D eigenvalue weighted by atomic mass is 16.6. The molecule has 2 aromatic heterocycles. The van der Waals surface area contributed by atoms with Crippen LogP contribution in [0.1, 0.15) is 10.5 Å². The largest absolute Gasteiger partial charge is 0.491 e. The van der Waals surface area contributed by atoms with E-state index in [9.17, 15) is 25.0 Å². The number of benzene rings is 1. The number of nitro groups is 2. The molecule has 13 heteroatoms. The Bertz CT molecular complexity index is 994. The summed E-state index contributed by atoms with van der Waals surface area (Å²) in [4.78, 5) is 35.9. The van der Waals surface area contributed by atoms with Gasteiger partial charge in [0.15, 0.2) is 12.4 Å². The van der Waals surface area contributed by atoms with E-state index < -0.39 is 21.7 Å². The number of nitrogens with zero attached hydrogens (tertiary/aromatic N) is 7. The SMILES string of the molecule is O=C(Nc1ccccc1[N+](=O)[O-])c1ccn(Cn2cnc([N+](=O)[O-])n2)n1. The summed E-state index contributed by atoms with van der Waals surface area (Å²) in [6.45, 7) is -0.000392. The van der Waals surface area contributed by atoms with Gasteiger partial charge >= 0.3 is 5.95 Å². The van der Waals surface area contributed by atoms with E-state index in [-0.39, 0.29) is 23.7 Å². The van der Waals surface area contributed by atoms with Crippen molar-refractivity contribution in [2.24, 2.45) is 0 Å². The van der Waals surface area contributed by atoms with Gasteiger partial charge in [0.2, 0.25) is 6.33 Å². The Morgan fingerprint density at radius 3 is 2.54 bits per heavy atom. The summed E-state index contributed by atoms with van der Waals surface area (Å²) < 4.78 is 2.49. The minimum absolute atomic E-state index is 0.000392. The number of carbonyl (C=O) groups excluding carboxylic acids is 1. The monoisotopic (exact) mass is 358 g/mol. The number of carbonyl (C=O) groups is 1. The summed E-state index contributed by atoms with van der Waals surface area (Å²) in [7, 11) is 0. The van der Waals surface area contributed by atoms with Crippen LogP contribution in [0.3, 0.4) is 0 Å². The zero-order chi connectivity index (χ0) is 18.7. The molecule has 0 radical (unpaired) electrons. The molecule has 132 valence electrons. The van der Waals surface area contributed by atoms with Crippen molar-refractivity contribution in [2.75, 3.05) is 5.32 Å². The molecule has 0 aliphatic rings. The van der Waals surface area contributed by atoms with Gasteiger partial charge in [0.05, 0.1) is 4.92 Å². The van der Waals surface area contributed by atoms with Crippen molar-refractivity contribution in [1.82, 2.24) is 24.5 Å². The summed E-state index contributed by atoms with van der Waals surface area (Å²) in [5, 5.41) is 31.6. The second kappa shape index (κ2) is 6.76. The van der Waals surface area contributed by atoms with Crippen molar-refractivity contribution in [3.8, 4) is 0 Å². The minimum atomic E-state index is -0.731. The maximum absolute atomic E-state index is 12.2. The van der Waals surface area contributed by atoms with Crippen LogP contribution in [0.15, 0.2) is 42.9 Å². The maximum atomic E-state index is 12.2. The molecule has 3 rings (SSSR count). The van der Waals surface area contributed by atoms with Crippen LogP contribution in [-0.2, 0) is 6.67 Å². The van der Waals surface area contributed by atoms with Gasteiger partial charge in [0, 0.05) is 17.4 Å². The highest BCUT2D eigenvalue weighted by Crippen LogP contribution is 2.23. The quantitative estimate of drug-likeness (QED) is 0.504. The molecule has 0 aliphatic heterocycles. The fourth-order valence-electron chi connectivity index (χ4n) is 2.07. The number of para-hydroxylation sites is 2. The molecule has 0 atom stereocenters. The molecule has 1 aromatic carbocycles. The lowest BCUT2D eigenvalue weighted by atomic mass is 10.2. The van der Waals surface area contributed by atoms with E-state index in [1.807, 2.05) is 0 Å². The number of hydrogen-bond acceptors (Lipinski definition) is 8. The molecule has 1 N–H and O–H groups in total. The van der Waals surface area contributed by atoms with Crippen LogP contribution in [0.4, 0.5) is 17.3 Å². The number of nitro benzene ring substituents is 1. The van der Waals surface area contributed by atoms with Gasteiger partial charge in [-0.3, -0.25) is 14.9 Å². The summed E-state index contributed by atoms with van der Waals surface area (Å²) in [5.74, 6) is -1.19. The molecule has 0 saturated heterocycles. The second-order valence-electron chi connectivity index (χ2n) is 4.95. The van der Waals surface area contributed by atoms with Crippen LogP contribution in [0, 0.1) is 20.2 Å². The third kappa shape index (κ3) is 3.50. The average Bonchev–Trinajstić information content (AvgIpc) is 3.25. The molecule has 13 nitrogen and oxygen atoms in total. The van der Waals surface area contributed by atoms with Gasteiger partial charge in [-0.25, -0.2) is 4.68 Å². The van der Waals surface area contributed by atoms with Crippen molar-refractivity contribution in [3.05, 3.63) is 68.8 Å². The molecule has 0 aliphatic carbocycles. The smallest absolute Gasteiger partial charge is 0.390 e. The number of aromatic nitrogens is 5. The minimum Gasteiger partial charge on any atom is -0.390 e. The van der Waals surface area contributed by atoms with E-state index in [2.05, 4.69) is 20.5 Å². The number of hydrogen-bond donors (Lipinski definition) is 1. The molecule has 2 heterocycles. The van der Waals surface area contributed by atoms with Crippen LogP contribution in [0.25, 0.3) is 0 Å². The Morgan fingerprint density at radius 2 is 1.85 bits per heavy atom. The first-order chi connectivity index (χ1) is 12.4. The number of nitrogens with one attached hydrogen (secondary N) is 1. The van der Waals surface area contributed by atoms with Crippen molar-refractivity contribution in [3.63, 3.8) is 0 Å². The zero-order valence-electron chi connectivity index (χ0n) is 12.9. The Balaban J connectivity index is 1.72. The molecule has 0 fully saturated rings. The van der Waals surface area contributed by atoms with E-state index >= 15 is 0 Å². The molecule has 3 aromatic rings. The van der Waals surface area contributed by atoms with Crippen molar-refractivity contribution < 1.29 is 14.6 Å². The number of anilines is 1. The van der Waals surface area contributed by atoms with E-state index in [1.165, 1.54) is 39.8 Å². The molecule has 0 bridgehead atoms. The molecule has 0 saturated carbocycles. The Hall–Kier alpha value is -4.16. The summed E-state index contributed by atoms with van der Waals surface area (Å²) in [6, 6.07) is 7.11.